The Labute approximate surface area is 137 Å². The number of unbranched alkanes of at least 4 members (excludes halogenated alkanes) is 4. The van der Waals surface area contributed by atoms with Crippen LogP contribution in [-0.4, -0.2) is 27.3 Å². The summed E-state index contributed by atoms with van der Waals surface area (Å²) in [7, 11) is 6.25. The van der Waals surface area contributed by atoms with Crippen molar-refractivity contribution in [3.8, 4) is 0 Å². The van der Waals surface area contributed by atoms with Crippen LogP contribution < -0.4 is 4.90 Å². The van der Waals surface area contributed by atoms with Crippen molar-refractivity contribution < 1.29 is 4.90 Å². The third kappa shape index (κ3) is 16.2. The number of hydrogen-bond acceptors (Lipinski definition) is 0. The molecule has 0 fully saturated rings. The molecule has 0 aromatic heterocycles. The summed E-state index contributed by atoms with van der Waals surface area (Å²) in [6, 6.07) is 0. The van der Waals surface area contributed by atoms with Gasteiger partial charge in [0.15, 0.2) is 0 Å². The van der Waals surface area contributed by atoms with Crippen molar-refractivity contribution in [1.82, 2.24) is 0 Å². The second-order valence-corrected chi connectivity index (χ2v) is 7.80. The first-order valence-electron chi connectivity index (χ1n) is 9.96. The van der Waals surface area contributed by atoms with Crippen LogP contribution in [0.4, 0.5) is 0 Å². The highest BCUT2D eigenvalue weighted by Crippen LogP contribution is 2.33. The highest BCUT2D eigenvalue weighted by Gasteiger charge is 2.22. The molecule has 1 nitrogen and oxygen atoms in total. The van der Waals surface area contributed by atoms with Crippen LogP contribution in [0, 0.1) is 0 Å². The smallest absolute Gasteiger partial charge is 0.0661 e. The molecule has 0 radical (unpaired) electrons. The molecule has 0 unspecified atom stereocenters. The monoisotopic (exact) mass is 299 g/mol. The summed E-state index contributed by atoms with van der Waals surface area (Å²) in [6.45, 7) is 9.39. The van der Waals surface area contributed by atoms with E-state index in [2.05, 4.69) is 48.8 Å². The number of nitrogens with one attached hydrogen (secondary N) is 1. The van der Waals surface area contributed by atoms with E-state index in [9.17, 15) is 0 Å². The summed E-state index contributed by atoms with van der Waals surface area (Å²) < 4.78 is 0. The Morgan fingerprint density at radius 3 is 0.857 bits per heavy atom. The van der Waals surface area contributed by atoms with Crippen LogP contribution in [0.5, 0.6) is 0 Å². The van der Waals surface area contributed by atoms with E-state index in [1.165, 1.54) is 56.3 Å². The normalized spacial score (nSPS) is 11.4. The molecule has 0 aromatic carbocycles. The van der Waals surface area contributed by atoms with Crippen LogP contribution >= 0.6 is 0 Å². The average molecular weight is 299 g/mol. The van der Waals surface area contributed by atoms with Crippen molar-refractivity contribution >= 4 is 6.15 Å². The lowest BCUT2D eigenvalue weighted by molar-refractivity contribution is -0.836. The molecule has 0 aliphatic rings. The fourth-order valence-electron chi connectivity index (χ4n) is 3.41. The van der Waals surface area contributed by atoms with Gasteiger partial charge in [-0.1, -0.05) is 79.1 Å². The molecule has 0 bridgehead atoms. The maximum absolute atomic E-state index is 2.35. The molecule has 0 aromatic rings. The van der Waals surface area contributed by atoms with Crippen molar-refractivity contribution in [3.63, 3.8) is 0 Å². The van der Waals surface area contributed by atoms with Gasteiger partial charge in [-0.15, -0.1) is 0 Å². The minimum Gasteiger partial charge on any atom is -0.342 e. The predicted octanol–water partition coefficient (Wildman–Crippen LogP) is 5.40. The number of quaternary nitrogens is 1. The standard InChI is InChI=1S/C16H36B.C3H9N/c1-5-9-13-17(14-10-6-2,15-11-7-3)16-12-8-4;1-4(2)3/h5-16H2,1-4H3;1-3H3/q-1;/p+1. The van der Waals surface area contributed by atoms with Gasteiger partial charge in [-0.25, -0.2) is 0 Å². The van der Waals surface area contributed by atoms with Crippen LogP contribution in [0.2, 0.25) is 25.3 Å². The second kappa shape index (κ2) is 16.4. The molecule has 2 heteroatoms. The number of rotatable bonds is 12. The average Bonchev–Trinajstić information content (AvgIpc) is 2.45. The molecule has 0 aliphatic carbocycles. The summed E-state index contributed by atoms with van der Waals surface area (Å²) in [5, 5.41) is 0. The second-order valence-electron chi connectivity index (χ2n) is 7.80. The SMILES string of the molecule is CCCC[B-](CCCC)(CCCC)CCCC.C[NH+](C)C. The van der Waals surface area contributed by atoms with E-state index in [0.29, 0.717) is 0 Å². The quantitative estimate of drug-likeness (QED) is 0.460. The van der Waals surface area contributed by atoms with Gasteiger partial charge < -0.3 is 4.90 Å². The molecular weight excluding hydrogens is 253 g/mol. The molecule has 0 rings (SSSR count). The molecule has 0 aliphatic heterocycles. The minimum atomic E-state index is -0.00722. The van der Waals surface area contributed by atoms with E-state index >= 15 is 0 Å². The minimum absolute atomic E-state index is 0.00722. The molecule has 0 saturated carbocycles. The first-order chi connectivity index (χ1) is 9.97. The molecule has 0 atom stereocenters. The Morgan fingerprint density at radius 1 is 0.524 bits per heavy atom. The van der Waals surface area contributed by atoms with Crippen LogP contribution in [0.15, 0.2) is 0 Å². The maximum Gasteiger partial charge on any atom is 0.0661 e. The molecule has 0 amide bonds. The Kier molecular flexibility index (Phi) is 18.2. The van der Waals surface area contributed by atoms with Crippen molar-refractivity contribution in [1.29, 1.82) is 0 Å². The molecule has 0 spiro atoms. The lowest BCUT2D eigenvalue weighted by atomic mass is 9.17. The summed E-state index contributed by atoms with van der Waals surface area (Å²) in [4.78, 5) is 1.42. The van der Waals surface area contributed by atoms with E-state index < -0.39 is 0 Å². The zero-order valence-electron chi connectivity index (χ0n) is 16.6. The fourth-order valence-corrected chi connectivity index (χ4v) is 3.41. The molecular formula is C19H46BN. The van der Waals surface area contributed by atoms with Gasteiger partial charge in [0, 0.05) is 6.15 Å². The molecule has 1 N–H and O–H groups in total. The third-order valence-electron chi connectivity index (χ3n) is 4.68. The van der Waals surface area contributed by atoms with E-state index in [1.807, 2.05) is 0 Å². The van der Waals surface area contributed by atoms with Gasteiger partial charge in [-0.3, -0.25) is 0 Å². The Hall–Kier alpha value is 0.0249. The van der Waals surface area contributed by atoms with Crippen molar-refractivity contribution in [2.24, 2.45) is 0 Å². The zero-order chi connectivity index (χ0) is 16.6. The first-order valence-corrected chi connectivity index (χ1v) is 9.96. The van der Waals surface area contributed by atoms with Crippen LogP contribution in [-0.2, 0) is 0 Å². The maximum atomic E-state index is 2.35. The molecule has 130 valence electrons. The Morgan fingerprint density at radius 2 is 0.714 bits per heavy atom. The van der Waals surface area contributed by atoms with E-state index in [0.717, 1.165) is 0 Å². The van der Waals surface area contributed by atoms with Gasteiger partial charge in [0.2, 0.25) is 0 Å². The Balaban J connectivity index is 0. The van der Waals surface area contributed by atoms with Gasteiger partial charge in [0.05, 0.1) is 21.1 Å². The van der Waals surface area contributed by atoms with Crippen molar-refractivity contribution in [2.45, 2.75) is 104 Å². The fraction of sp³-hybridized carbons (Fsp3) is 1.00. The highest BCUT2D eigenvalue weighted by molar-refractivity contribution is 6.79. The highest BCUT2D eigenvalue weighted by atomic mass is 15.0. The molecule has 0 saturated heterocycles. The van der Waals surface area contributed by atoms with Crippen LogP contribution in [0.1, 0.15) is 79.1 Å². The molecule has 21 heavy (non-hydrogen) atoms. The van der Waals surface area contributed by atoms with E-state index in [-0.39, 0.29) is 6.15 Å². The third-order valence-corrected chi connectivity index (χ3v) is 4.68. The first kappa shape index (κ1) is 23.3. The summed E-state index contributed by atoms with van der Waals surface area (Å²) in [6.07, 6.45) is 17.6. The summed E-state index contributed by atoms with van der Waals surface area (Å²) >= 11 is 0. The topological polar surface area (TPSA) is 4.44 Å². The van der Waals surface area contributed by atoms with Crippen LogP contribution in [0.3, 0.4) is 0 Å². The van der Waals surface area contributed by atoms with Gasteiger partial charge in [0.25, 0.3) is 0 Å². The van der Waals surface area contributed by atoms with Gasteiger partial charge in [0.1, 0.15) is 0 Å². The van der Waals surface area contributed by atoms with E-state index in [1.54, 1.807) is 25.3 Å². The number of hydrogen-bond donors (Lipinski definition) is 1. The van der Waals surface area contributed by atoms with E-state index in [4.69, 9.17) is 0 Å². The predicted molar refractivity (Wildman–Crippen MR) is 103 cm³/mol. The van der Waals surface area contributed by atoms with Crippen LogP contribution in [0.25, 0.3) is 0 Å². The lowest BCUT2D eigenvalue weighted by Gasteiger charge is -2.40. The van der Waals surface area contributed by atoms with Gasteiger partial charge >= 0.3 is 0 Å². The summed E-state index contributed by atoms with van der Waals surface area (Å²) in [5.74, 6) is 0. The molecule has 0 heterocycles. The lowest BCUT2D eigenvalue weighted by Crippen LogP contribution is -3.02. The van der Waals surface area contributed by atoms with Crippen molar-refractivity contribution in [3.05, 3.63) is 0 Å². The largest absolute Gasteiger partial charge is 0.342 e. The zero-order valence-corrected chi connectivity index (χ0v) is 16.6. The van der Waals surface area contributed by atoms with Gasteiger partial charge in [-0.05, 0) is 0 Å². The van der Waals surface area contributed by atoms with Gasteiger partial charge in [-0.2, -0.15) is 25.3 Å². The van der Waals surface area contributed by atoms with Crippen molar-refractivity contribution in [2.75, 3.05) is 21.1 Å². The summed E-state index contributed by atoms with van der Waals surface area (Å²) in [5.41, 5.74) is 0. The Bertz CT molecular complexity index is 152.